The molecule has 2 heterocycles. The number of benzene rings is 1. The third kappa shape index (κ3) is 3.36. The Hall–Kier alpha value is -1.59. The molecule has 5 heteroatoms. The molecule has 0 aliphatic carbocycles. The Morgan fingerprint density at radius 2 is 2.00 bits per heavy atom. The van der Waals surface area contributed by atoms with E-state index in [2.05, 4.69) is 11.1 Å². The quantitative estimate of drug-likeness (QED) is 0.817. The highest BCUT2D eigenvalue weighted by Crippen LogP contribution is 2.25. The van der Waals surface area contributed by atoms with Crippen molar-refractivity contribution in [2.45, 2.75) is 17.2 Å². The van der Waals surface area contributed by atoms with Crippen molar-refractivity contribution in [3.05, 3.63) is 36.4 Å². The number of amides is 1. The zero-order valence-corrected chi connectivity index (χ0v) is 12.8. The van der Waals surface area contributed by atoms with Crippen LogP contribution in [-0.4, -0.2) is 47.3 Å². The number of carbonyl (C=O) groups is 1. The molecule has 21 heavy (non-hydrogen) atoms. The second kappa shape index (κ2) is 6.45. The molecule has 2 aromatic rings. The van der Waals surface area contributed by atoms with Crippen LogP contribution in [0.1, 0.15) is 6.92 Å². The zero-order chi connectivity index (χ0) is 14.7. The maximum absolute atomic E-state index is 12.4. The van der Waals surface area contributed by atoms with Gasteiger partial charge in [0.25, 0.3) is 0 Å². The number of hydrogen-bond acceptors (Lipinski definition) is 4. The monoisotopic (exact) mass is 302 g/mol. The van der Waals surface area contributed by atoms with Gasteiger partial charge in [0.05, 0.1) is 29.0 Å². The molecule has 1 aromatic carbocycles. The molecule has 1 aliphatic rings. The van der Waals surface area contributed by atoms with E-state index in [0.29, 0.717) is 26.3 Å². The molecule has 0 N–H and O–H groups in total. The molecule has 1 saturated heterocycles. The summed E-state index contributed by atoms with van der Waals surface area (Å²) in [6, 6.07) is 12.0. The van der Waals surface area contributed by atoms with E-state index in [4.69, 9.17) is 4.74 Å². The molecule has 1 atom stereocenters. The number of morpholine rings is 1. The fourth-order valence-corrected chi connectivity index (χ4v) is 3.30. The van der Waals surface area contributed by atoms with E-state index in [1.54, 1.807) is 0 Å². The predicted octanol–water partition coefficient (Wildman–Crippen LogP) is 2.57. The topological polar surface area (TPSA) is 42.4 Å². The Morgan fingerprint density at radius 1 is 1.24 bits per heavy atom. The van der Waals surface area contributed by atoms with Crippen LogP contribution in [0.25, 0.3) is 10.9 Å². The van der Waals surface area contributed by atoms with Crippen LogP contribution in [0.3, 0.4) is 0 Å². The number of aromatic nitrogens is 1. The number of rotatable bonds is 3. The summed E-state index contributed by atoms with van der Waals surface area (Å²) in [4.78, 5) is 18.9. The molecule has 0 radical (unpaired) electrons. The Labute approximate surface area is 128 Å². The third-order valence-corrected chi connectivity index (χ3v) is 4.56. The van der Waals surface area contributed by atoms with Crippen molar-refractivity contribution in [3.8, 4) is 0 Å². The second-order valence-electron chi connectivity index (χ2n) is 5.04. The fraction of sp³-hybridized carbons (Fsp3) is 0.375. The van der Waals surface area contributed by atoms with Gasteiger partial charge in [-0.25, -0.2) is 4.98 Å². The van der Waals surface area contributed by atoms with E-state index in [-0.39, 0.29) is 11.2 Å². The number of thioether (sulfide) groups is 1. The lowest BCUT2D eigenvalue weighted by molar-refractivity contribution is -0.134. The first-order valence-corrected chi connectivity index (χ1v) is 8.01. The molecular weight excluding hydrogens is 284 g/mol. The molecule has 1 amide bonds. The smallest absolute Gasteiger partial charge is 0.235 e. The average molecular weight is 302 g/mol. The van der Waals surface area contributed by atoms with Crippen LogP contribution in [0.2, 0.25) is 0 Å². The molecule has 0 bridgehead atoms. The van der Waals surface area contributed by atoms with Crippen molar-refractivity contribution in [2.24, 2.45) is 0 Å². The van der Waals surface area contributed by atoms with Gasteiger partial charge < -0.3 is 9.64 Å². The van der Waals surface area contributed by atoms with Crippen LogP contribution in [-0.2, 0) is 9.53 Å². The predicted molar refractivity (Wildman–Crippen MR) is 84.5 cm³/mol. The summed E-state index contributed by atoms with van der Waals surface area (Å²) in [5.41, 5.74) is 0.966. The maximum Gasteiger partial charge on any atom is 0.235 e. The standard InChI is InChI=1S/C16H18N2O2S/c1-12(16(19)18-8-10-20-11-9-18)21-15-7-6-13-4-2-3-5-14(13)17-15/h2-7,12H,8-11H2,1H3/t12-/m0/s1. The second-order valence-corrected chi connectivity index (χ2v) is 6.40. The Morgan fingerprint density at radius 3 is 2.81 bits per heavy atom. The number of hydrogen-bond donors (Lipinski definition) is 0. The van der Waals surface area contributed by atoms with Crippen molar-refractivity contribution in [3.63, 3.8) is 0 Å². The highest BCUT2D eigenvalue weighted by molar-refractivity contribution is 8.00. The van der Waals surface area contributed by atoms with Gasteiger partial charge in [-0.15, -0.1) is 0 Å². The lowest BCUT2D eigenvalue weighted by Gasteiger charge is -2.28. The number of nitrogens with zero attached hydrogens (tertiary/aromatic N) is 2. The molecule has 0 spiro atoms. The third-order valence-electron chi connectivity index (χ3n) is 3.54. The summed E-state index contributed by atoms with van der Waals surface area (Å²) in [7, 11) is 0. The van der Waals surface area contributed by atoms with E-state index in [9.17, 15) is 4.79 Å². The fourth-order valence-electron chi connectivity index (χ4n) is 2.39. The summed E-state index contributed by atoms with van der Waals surface area (Å²) in [6.07, 6.45) is 0. The highest BCUT2D eigenvalue weighted by Gasteiger charge is 2.23. The molecule has 1 aromatic heterocycles. The molecule has 0 saturated carbocycles. The first kappa shape index (κ1) is 14.4. The van der Waals surface area contributed by atoms with Gasteiger partial charge in [-0.1, -0.05) is 36.0 Å². The Kier molecular flexibility index (Phi) is 4.41. The summed E-state index contributed by atoms with van der Waals surface area (Å²) < 4.78 is 5.28. The van der Waals surface area contributed by atoms with Crippen molar-refractivity contribution in [1.82, 2.24) is 9.88 Å². The number of pyridine rings is 1. The van der Waals surface area contributed by atoms with E-state index in [0.717, 1.165) is 15.9 Å². The maximum atomic E-state index is 12.4. The van der Waals surface area contributed by atoms with Gasteiger partial charge in [0, 0.05) is 18.5 Å². The molecular formula is C16H18N2O2S. The molecule has 3 rings (SSSR count). The summed E-state index contributed by atoms with van der Waals surface area (Å²) in [5.74, 6) is 0.165. The van der Waals surface area contributed by atoms with E-state index < -0.39 is 0 Å². The lowest BCUT2D eigenvalue weighted by Crippen LogP contribution is -2.44. The first-order chi connectivity index (χ1) is 10.2. The lowest BCUT2D eigenvalue weighted by atomic mass is 10.2. The van der Waals surface area contributed by atoms with Gasteiger partial charge >= 0.3 is 0 Å². The minimum atomic E-state index is -0.128. The van der Waals surface area contributed by atoms with Crippen LogP contribution in [0.15, 0.2) is 41.4 Å². The van der Waals surface area contributed by atoms with Crippen molar-refractivity contribution in [1.29, 1.82) is 0 Å². The van der Waals surface area contributed by atoms with E-state index in [1.165, 1.54) is 11.8 Å². The molecule has 1 fully saturated rings. The van der Waals surface area contributed by atoms with Gasteiger partial charge in [0.2, 0.25) is 5.91 Å². The number of fused-ring (bicyclic) bond motifs is 1. The number of para-hydroxylation sites is 1. The van der Waals surface area contributed by atoms with E-state index in [1.807, 2.05) is 42.2 Å². The highest BCUT2D eigenvalue weighted by atomic mass is 32.2. The Bertz CT molecular complexity index is 641. The van der Waals surface area contributed by atoms with Crippen molar-refractivity contribution >= 4 is 28.6 Å². The molecule has 4 nitrogen and oxygen atoms in total. The van der Waals surface area contributed by atoms with Gasteiger partial charge in [-0.2, -0.15) is 0 Å². The van der Waals surface area contributed by atoms with Gasteiger partial charge in [0.15, 0.2) is 0 Å². The summed E-state index contributed by atoms with van der Waals surface area (Å²) >= 11 is 1.52. The van der Waals surface area contributed by atoms with Gasteiger partial charge in [-0.3, -0.25) is 4.79 Å². The minimum absolute atomic E-state index is 0.128. The van der Waals surface area contributed by atoms with Crippen LogP contribution >= 0.6 is 11.8 Å². The SMILES string of the molecule is C[C@H](Sc1ccc2ccccc2n1)C(=O)N1CCOCC1. The van der Waals surface area contributed by atoms with Crippen LogP contribution in [0.4, 0.5) is 0 Å². The van der Waals surface area contributed by atoms with Crippen LogP contribution in [0.5, 0.6) is 0 Å². The number of ether oxygens (including phenoxy) is 1. The average Bonchev–Trinajstić information content (AvgIpc) is 2.55. The largest absolute Gasteiger partial charge is 0.378 e. The number of carbonyl (C=O) groups excluding carboxylic acids is 1. The molecule has 110 valence electrons. The first-order valence-electron chi connectivity index (χ1n) is 7.13. The van der Waals surface area contributed by atoms with Gasteiger partial charge in [0.1, 0.15) is 0 Å². The van der Waals surface area contributed by atoms with E-state index >= 15 is 0 Å². The minimum Gasteiger partial charge on any atom is -0.378 e. The van der Waals surface area contributed by atoms with Gasteiger partial charge in [-0.05, 0) is 19.1 Å². The molecule has 0 unspecified atom stereocenters. The van der Waals surface area contributed by atoms with Crippen molar-refractivity contribution in [2.75, 3.05) is 26.3 Å². The summed E-state index contributed by atoms with van der Waals surface area (Å²) in [6.45, 7) is 4.60. The van der Waals surface area contributed by atoms with Crippen LogP contribution < -0.4 is 0 Å². The molecule has 1 aliphatic heterocycles. The van der Waals surface area contributed by atoms with Crippen LogP contribution in [0, 0.1) is 0 Å². The Balaban J connectivity index is 1.70. The normalized spacial score (nSPS) is 16.9. The summed E-state index contributed by atoms with van der Waals surface area (Å²) in [5, 5.41) is 1.88. The zero-order valence-electron chi connectivity index (χ0n) is 12.0. The van der Waals surface area contributed by atoms with Crippen molar-refractivity contribution < 1.29 is 9.53 Å².